The Morgan fingerprint density at radius 3 is 2.69 bits per heavy atom. The summed E-state index contributed by atoms with van der Waals surface area (Å²) in [5.41, 5.74) is 4.09. The zero-order valence-electron chi connectivity index (χ0n) is 14.0. The Morgan fingerprint density at radius 2 is 1.96 bits per heavy atom. The van der Waals surface area contributed by atoms with Crippen molar-refractivity contribution in [2.24, 2.45) is 0 Å². The minimum Gasteiger partial charge on any atom is -0.370 e. The lowest BCUT2D eigenvalue weighted by Crippen LogP contribution is -2.07. The number of non-ortho nitro benzene ring substituents is 1. The molecule has 3 aromatic rings. The van der Waals surface area contributed by atoms with Crippen molar-refractivity contribution in [3.05, 3.63) is 68.7 Å². The summed E-state index contributed by atoms with van der Waals surface area (Å²) in [6.07, 6.45) is 3.16. The Kier molecular flexibility index (Phi) is 4.46. The van der Waals surface area contributed by atoms with Crippen molar-refractivity contribution in [1.82, 2.24) is 9.78 Å². The molecule has 2 aromatic carbocycles. The number of aromatic nitrogens is 2. The average molecular weight is 413 g/mol. The zero-order chi connectivity index (χ0) is 18.1. The predicted molar refractivity (Wildman–Crippen MR) is 105 cm³/mol. The van der Waals surface area contributed by atoms with E-state index in [4.69, 9.17) is 5.10 Å². The highest BCUT2D eigenvalue weighted by Crippen LogP contribution is 2.35. The summed E-state index contributed by atoms with van der Waals surface area (Å²) >= 11 is 3.53. The smallest absolute Gasteiger partial charge is 0.269 e. The Hall–Kier alpha value is -2.67. The Labute approximate surface area is 159 Å². The molecule has 1 aliphatic rings. The van der Waals surface area contributed by atoms with E-state index in [1.165, 1.54) is 17.7 Å². The van der Waals surface area contributed by atoms with E-state index in [1.807, 2.05) is 16.8 Å². The van der Waals surface area contributed by atoms with Gasteiger partial charge in [-0.2, -0.15) is 5.10 Å². The number of nitrogens with one attached hydrogen (secondary N) is 1. The number of anilines is 1. The van der Waals surface area contributed by atoms with Crippen LogP contribution in [0.1, 0.15) is 18.4 Å². The van der Waals surface area contributed by atoms with Crippen LogP contribution in [0.25, 0.3) is 16.9 Å². The van der Waals surface area contributed by atoms with E-state index in [2.05, 4.69) is 33.4 Å². The molecule has 2 heterocycles. The number of halogens is 1. The van der Waals surface area contributed by atoms with E-state index < -0.39 is 4.92 Å². The van der Waals surface area contributed by atoms with Gasteiger partial charge in [0.1, 0.15) is 5.82 Å². The fourth-order valence-corrected chi connectivity index (χ4v) is 3.67. The van der Waals surface area contributed by atoms with Crippen LogP contribution in [0.2, 0.25) is 0 Å². The zero-order valence-corrected chi connectivity index (χ0v) is 15.6. The van der Waals surface area contributed by atoms with Gasteiger partial charge >= 0.3 is 0 Å². The van der Waals surface area contributed by atoms with Crippen molar-refractivity contribution in [2.75, 3.05) is 11.9 Å². The molecule has 26 heavy (non-hydrogen) atoms. The predicted octanol–water partition coefficient (Wildman–Crippen LogP) is 4.96. The first-order valence-corrected chi connectivity index (χ1v) is 9.29. The first kappa shape index (κ1) is 16.8. The third kappa shape index (κ3) is 3.10. The quantitative estimate of drug-likeness (QED) is 0.487. The molecule has 0 amide bonds. The monoisotopic (exact) mass is 412 g/mol. The normalized spacial score (nSPS) is 13.6. The summed E-state index contributed by atoms with van der Waals surface area (Å²) in [7, 11) is 0. The van der Waals surface area contributed by atoms with E-state index in [0.29, 0.717) is 0 Å². The van der Waals surface area contributed by atoms with E-state index >= 15 is 0 Å². The molecule has 1 aromatic heterocycles. The summed E-state index contributed by atoms with van der Waals surface area (Å²) in [6.45, 7) is 0.892. The van der Waals surface area contributed by atoms with Gasteiger partial charge in [0.2, 0.25) is 0 Å². The molecular formula is C19H17BrN4O2. The van der Waals surface area contributed by atoms with Crippen LogP contribution in [0.4, 0.5) is 11.5 Å². The highest BCUT2D eigenvalue weighted by atomic mass is 79.9. The summed E-state index contributed by atoms with van der Waals surface area (Å²) in [5.74, 6) is 0.978. The van der Waals surface area contributed by atoms with Crippen LogP contribution >= 0.6 is 15.9 Å². The fourth-order valence-electron chi connectivity index (χ4n) is 3.27. The van der Waals surface area contributed by atoms with E-state index in [9.17, 15) is 10.1 Å². The highest BCUT2D eigenvalue weighted by molar-refractivity contribution is 9.10. The average Bonchev–Trinajstić information content (AvgIpc) is 2.83. The van der Waals surface area contributed by atoms with Gasteiger partial charge < -0.3 is 5.32 Å². The van der Waals surface area contributed by atoms with Crippen molar-refractivity contribution < 1.29 is 4.92 Å². The number of nitro benzene ring substituents is 1. The SMILES string of the molecule is O=[N+]([O-])c1ccc(-n2nc(-c3cccc(Br)c3)c3c2NCCCC3)cc1. The summed E-state index contributed by atoms with van der Waals surface area (Å²) in [6, 6.07) is 14.6. The molecule has 0 atom stereocenters. The molecule has 0 unspecified atom stereocenters. The second kappa shape index (κ2) is 6.92. The van der Waals surface area contributed by atoms with Gasteiger partial charge in [-0.25, -0.2) is 4.68 Å². The lowest BCUT2D eigenvalue weighted by atomic mass is 10.0. The summed E-state index contributed by atoms with van der Waals surface area (Å²) in [5, 5.41) is 19.3. The maximum Gasteiger partial charge on any atom is 0.269 e. The van der Waals surface area contributed by atoms with Crippen LogP contribution in [0.5, 0.6) is 0 Å². The van der Waals surface area contributed by atoms with Gasteiger partial charge in [0.15, 0.2) is 0 Å². The highest BCUT2D eigenvalue weighted by Gasteiger charge is 2.22. The second-order valence-corrected chi connectivity index (χ2v) is 7.17. The van der Waals surface area contributed by atoms with Crippen LogP contribution < -0.4 is 5.32 Å². The van der Waals surface area contributed by atoms with Crippen molar-refractivity contribution in [3.8, 4) is 16.9 Å². The van der Waals surface area contributed by atoms with Gasteiger partial charge in [-0.1, -0.05) is 28.1 Å². The topological polar surface area (TPSA) is 73.0 Å². The van der Waals surface area contributed by atoms with Crippen LogP contribution in [0.3, 0.4) is 0 Å². The molecule has 0 saturated heterocycles. The van der Waals surface area contributed by atoms with Gasteiger partial charge in [-0.05, 0) is 43.5 Å². The molecule has 1 N–H and O–H groups in total. The molecule has 0 saturated carbocycles. The Balaban J connectivity index is 1.86. The molecule has 0 aliphatic carbocycles. The largest absolute Gasteiger partial charge is 0.370 e. The number of hydrogen-bond acceptors (Lipinski definition) is 4. The summed E-state index contributed by atoms with van der Waals surface area (Å²) in [4.78, 5) is 10.5. The van der Waals surface area contributed by atoms with Crippen LogP contribution in [-0.4, -0.2) is 21.2 Å². The van der Waals surface area contributed by atoms with Crippen LogP contribution in [-0.2, 0) is 6.42 Å². The van der Waals surface area contributed by atoms with Crippen molar-refractivity contribution in [3.63, 3.8) is 0 Å². The molecule has 4 rings (SSSR count). The number of benzene rings is 2. The number of rotatable bonds is 3. The fraction of sp³-hybridized carbons (Fsp3) is 0.211. The van der Waals surface area contributed by atoms with Crippen molar-refractivity contribution in [1.29, 1.82) is 0 Å². The number of hydrogen-bond donors (Lipinski definition) is 1. The standard InChI is InChI=1S/C19H17BrN4O2/c20-14-5-3-4-13(12-14)18-17-6-1-2-11-21-19(17)23(22-18)15-7-9-16(10-8-15)24(25)26/h3-5,7-10,12,21H,1-2,6,11H2. The van der Waals surface area contributed by atoms with Crippen LogP contribution in [0.15, 0.2) is 53.0 Å². The maximum absolute atomic E-state index is 10.9. The van der Waals surface area contributed by atoms with Crippen molar-refractivity contribution in [2.45, 2.75) is 19.3 Å². The molecule has 0 radical (unpaired) electrons. The minimum absolute atomic E-state index is 0.0761. The molecule has 1 aliphatic heterocycles. The molecule has 0 fully saturated rings. The lowest BCUT2D eigenvalue weighted by Gasteiger charge is -2.09. The van der Waals surface area contributed by atoms with E-state index in [-0.39, 0.29) is 5.69 Å². The Morgan fingerprint density at radius 1 is 1.15 bits per heavy atom. The third-order valence-electron chi connectivity index (χ3n) is 4.53. The lowest BCUT2D eigenvalue weighted by molar-refractivity contribution is -0.384. The molecule has 0 spiro atoms. The molecular weight excluding hydrogens is 396 g/mol. The number of nitrogens with zero attached hydrogens (tertiary/aromatic N) is 3. The van der Waals surface area contributed by atoms with Gasteiger partial charge in [0.05, 0.1) is 16.3 Å². The Bertz CT molecular complexity index is 966. The van der Waals surface area contributed by atoms with E-state index in [0.717, 1.165) is 53.0 Å². The van der Waals surface area contributed by atoms with Gasteiger partial charge in [0.25, 0.3) is 5.69 Å². The third-order valence-corrected chi connectivity index (χ3v) is 5.03. The van der Waals surface area contributed by atoms with Crippen molar-refractivity contribution >= 4 is 27.4 Å². The van der Waals surface area contributed by atoms with Gasteiger partial charge in [-0.15, -0.1) is 0 Å². The van der Waals surface area contributed by atoms with Gasteiger partial charge in [0, 0.05) is 34.3 Å². The second-order valence-electron chi connectivity index (χ2n) is 6.26. The number of fused-ring (bicyclic) bond motifs is 1. The van der Waals surface area contributed by atoms with Crippen LogP contribution in [0, 0.1) is 10.1 Å². The van der Waals surface area contributed by atoms with Gasteiger partial charge in [-0.3, -0.25) is 10.1 Å². The molecule has 0 bridgehead atoms. The molecule has 7 heteroatoms. The maximum atomic E-state index is 10.9. The minimum atomic E-state index is -0.390. The number of nitro groups is 1. The first-order valence-electron chi connectivity index (χ1n) is 8.50. The molecule has 6 nitrogen and oxygen atoms in total. The van der Waals surface area contributed by atoms with E-state index in [1.54, 1.807) is 12.1 Å². The first-order chi connectivity index (χ1) is 12.6. The summed E-state index contributed by atoms with van der Waals surface area (Å²) < 4.78 is 2.87. The molecule has 132 valence electrons.